The number of carbonyl (C=O) groups excluding carboxylic acids is 1. The molecule has 19 heavy (non-hydrogen) atoms. The van der Waals surface area contributed by atoms with Gasteiger partial charge in [-0.1, -0.05) is 12.1 Å². The Labute approximate surface area is 118 Å². The third kappa shape index (κ3) is 4.18. The van der Waals surface area contributed by atoms with E-state index in [0.29, 0.717) is 16.1 Å². The zero-order valence-electron chi connectivity index (χ0n) is 9.88. The topological polar surface area (TPSA) is 80.9 Å². The van der Waals surface area contributed by atoms with Crippen molar-refractivity contribution in [2.24, 2.45) is 0 Å². The molecule has 6 heteroatoms. The number of amides is 1. The van der Waals surface area contributed by atoms with Crippen LogP contribution in [0.2, 0.25) is 0 Å². The fourth-order valence-corrected chi connectivity index (χ4v) is 1.58. The molecule has 0 radical (unpaired) electrons. The summed E-state index contributed by atoms with van der Waals surface area (Å²) in [5.74, 6) is 0.115. The van der Waals surface area contributed by atoms with Gasteiger partial charge in [0.25, 0.3) is 0 Å². The van der Waals surface area contributed by atoms with Crippen LogP contribution in [0.5, 0.6) is 0 Å². The van der Waals surface area contributed by atoms with E-state index in [1.54, 1.807) is 18.2 Å². The molecule has 1 aromatic heterocycles. The Kier molecular flexibility index (Phi) is 4.25. The van der Waals surface area contributed by atoms with E-state index < -0.39 is 0 Å². The number of nitrogens with two attached hydrogens (primary N) is 1. The maximum absolute atomic E-state index is 11.6. The van der Waals surface area contributed by atoms with E-state index in [9.17, 15) is 4.79 Å². The van der Waals surface area contributed by atoms with Crippen LogP contribution >= 0.6 is 15.9 Å². The van der Waals surface area contributed by atoms with Gasteiger partial charge in [-0.3, -0.25) is 4.79 Å². The Morgan fingerprint density at radius 3 is 2.84 bits per heavy atom. The number of carbonyl (C=O) groups is 1. The first kappa shape index (κ1) is 13.2. The van der Waals surface area contributed by atoms with Crippen LogP contribution in [0.15, 0.2) is 47.3 Å². The number of halogens is 1. The highest BCUT2D eigenvalue weighted by molar-refractivity contribution is 9.10. The second-order valence-electron chi connectivity index (χ2n) is 3.72. The van der Waals surface area contributed by atoms with Gasteiger partial charge in [-0.25, -0.2) is 9.97 Å². The molecule has 1 amide bonds. The van der Waals surface area contributed by atoms with Gasteiger partial charge in [-0.05, 0) is 39.7 Å². The number of hydrogen-bond donors (Lipinski definition) is 2. The first-order chi connectivity index (χ1) is 9.13. The van der Waals surface area contributed by atoms with E-state index in [4.69, 9.17) is 5.73 Å². The van der Waals surface area contributed by atoms with Gasteiger partial charge in [0.1, 0.15) is 4.60 Å². The van der Waals surface area contributed by atoms with Crippen molar-refractivity contribution in [1.82, 2.24) is 9.97 Å². The molecular weight excluding hydrogens is 308 g/mol. The van der Waals surface area contributed by atoms with Crippen molar-refractivity contribution in [1.29, 1.82) is 0 Å². The quantitative estimate of drug-likeness (QED) is 0.673. The number of nitrogens with zero attached hydrogens (tertiary/aromatic N) is 2. The van der Waals surface area contributed by atoms with E-state index in [1.807, 2.05) is 12.1 Å². The largest absolute Gasteiger partial charge is 0.399 e. The van der Waals surface area contributed by atoms with Crippen LogP contribution in [0.25, 0.3) is 6.08 Å². The Morgan fingerprint density at radius 2 is 2.16 bits per heavy atom. The summed E-state index contributed by atoms with van der Waals surface area (Å²) in [6.45, 7) is 0. The molecule has 0 aliphatic rings. The first-order valence-corrected chi connectivity index (χ1v) is 6.25. The summed E-state index contributed by atoms with van der Waals surface area (Å²) in [6.07, 6.45) is 6.07. The fraction of sp³-hybridized carbons (Fsp3) is 0. The van der Waals surface area contributed by atoms with Crippen LogP contribution in [0.1, 0.15) is 5.56 Å². The highest BCUT2D eigenvalue weighted by Gasteiger charge is 1.99. The molecule has 0 unspecified atom stereocenters. The summed E-state index contributed by atoms with van der Waals surface area (Å²) in [7, 11) is 0. The maximum Gasteiger partial charge on any atom is 0.249 e. The van der Waals surface area contributed by atoms with Gasteiger partial charge < -0.3 is 11.1 Å². The Bertz CT molecular complexity index is 610. The van der Waals surface area contributed by atoms with E-state index in [0.717, 1.165) is 5.56 Å². The molecule has 0 bridgehead atoms. The van der Waals surface area contributed by atoms with E-state index in [1.165, 1.54) is 18.5 Å². The zero-order chi connectivity index (χ0) is 13.7. The maximum atomic E-state index is 11.6. The highest BCUT2D eigenvalue weighted by Crippen LogP contribution is 2.09. The Balaban J connectivity index is 1.99. The molecule has 0 fully saturated rings. The van der Waals surface area contributed by atoms with Crippen molar-refractivity contribution in [3.63, 3.8) is 0 Å². The summed E-state index contributed by atoms with van der Waals surface area (Å²) in [4.78, 5) is 19.6. The third-order valence-corrected chi connectivity index (χ3v) is 2.62. The average Bonchev–Trinajstić information content (AvgIpc) is 2.39. The molecule has 1 heterocycles. The minimum Gasteiger partial charge on any atom is -0.399 e. The van der Waals surface area contributed by atoms with Crippen molar-refractivity contribution in [2.75, 3.05) is 11.1 Å². The van der Waals surface area contributed by atoms with Gasteiger partial charge in [-0.15, -0.1) is 0 Å². The Morgan fingerprint density at radius 1 is 1.32 bits per heavy atom. The summed E-state index contributed by atoms with van der Waals surface area (Å²) >= 11 is 3.17. The van der Waals surface area contributed by atoms with Gasteiger partial charge >= 0.3 is 0 Å². The lowest BCUT2D eigenvalue weighted by molar-refractivity contribution is -0.111. The number of nitrogen functional groups attached to an aromatic ring is 1. The minimum absolute atomic E-state index is 0.279. The molecule has 5 nitrogen and oxygen atoms in total. The predicted molar refractivity (Wildman–Crippen MR) is 78.3 cm³/mol. The molecule has 0 saturated heterocycles. The summed E-state index contributed by atoms with van der Waals surface area (Å²) in [6, 6.07) is 7.25. The number of aromatic nitrogens is 2. The number of benzene rings is 1. The molecule has 96 valence electrons. The smallest absolute Gasteiger partial charge is 0.249 e. The molecule has 1 aromatic carbocycles. The monoisotopic (exact) mass is 318 g/mol. The molecular formula is C13H11BrN4O. The molecule has 0 aliphatic carbocycles. The highest BCUT2D eigenvalue weighted by atomic mass is 79.9. The molecule has 0 spiro atoms. The van der Waals surface area contributed by atoms with Crippen LogP contribution in [-0.4, -0.2) is 15.9 Å². The first-order valence-electron chi connectivity index (χ1n) is 5.45. The number of hydrogen-bond acceptors (Lipinski definition) is 4. The second-order valence-corrected chi connectivity index (χ2v) is 4.53. The normalized spacial score (nSPS) is 10.6. The van der Waals surface area contributed by atoms with Crippen molar-refractivity contribution >= 4 is 39.4 Å². The van der Waals surface area contributed by atoms with E-state index in [2.05, 4.69) is 31.2 Å². The summed E-state index contributed by atoms with van der Waals surface area (Å²) in [5, 5.41) is 2.60. The third-order valence-electron chi connectivity index (χ3n) is 2.21. The average molecular weight is 319 g/mol. The van der Waals surface area contributed by atoms with Crippen LogP contribution in [0.3, 0.4) is 0 Å². The molecule has 2 aromatic rings. The van der Waals surface area contributed by atoms with Crippen molar-refractivity contribution in [3.05, 3.63) is 52.9 Å². The standard InChI is InChI=1S/C13H11BrN4O/c14-11-7-17-12(8-16-11)18-13(19)5-4-9-2-1-3-10(15)6-9/h1-8H,15H2,(H,17,18,19)/b5-4+. The van der Waals surface area contributed by atoms with Gasteiger partial charge in [0.2, 0.25) is 5.91 Å². The second kappa shape index (κ2) is 6.10. The molecule has 3 N–H and O–H groups in total. The number of rotatable bonds is 3. The molecule has 0 saturated carbocycles. The van der Waals surface area contributed by atoms with Crippen LogP contribution in [0.4, 0.5) is 11.5 Å². The van der Waals surface area contributed by atoms with Crippen LogP contribution in [-0.2, 0) is 4.79 Å². The van der Waals surface area contributed by atoms with E-state index in [-0.39, 0.29) is 5.91 Å². The molecule has 0 atom stereocenters. The van der Waals surface area contributed by atoms with Crippen molar-refractivity contribution < 1.29 is 4.79 Å². The summed E-state index contributed by atoms with van der Waals surface area (Å²) in [5.41, 5.74) is 7.16. The van der Waals surface area contributed by atoms with Gasteiger partial charge in [-0.2, -0.15) is 0 Å². The predicted octanol–water partition coefficient (Wildman–Crippen LogP) is 2.47. The lowest BCUT2D eigenvalue weighted by Crippen LogP contribution is -2.09. The zero-order valence-corrected chi connectivity index (χ0v) is 11.5. The van der Waals surface area contributed by atoms with Gasteiger partial charge in [0, 0.05) is 11.8 Å². The van der Waals surface area contributed by atoms with Crippen LogP contribution in [0, 0.1) is 0 Å². The van der Waals surface area contributed by atoms with E-state index >= 15 is 0 Å². The molecule has 2 rings (SSSR count). The lowest BCUT2D eigenvalue weighted by atomic mass is 10.2. The van der Waals surface area contributed by atoms with Crippen molar-refractivity contribution in [3.8, 4) is 0 Å². The SMILES string of the molecule is Nc1cccc(/C=C/C(=O)Nc2cnc(Br)cn2)c1. The lowest BCUT2D eigenvalue weighted by Gasteiger charge is -2.00. The van der Waals surface area contributed by atoms with Crippen molar-refractivity contribution in [2.45, 2.75) is 0 Å². The van der Waals surface area contributed by atoms with Gasteiger partial charge in [0.15, 0.2) is 5.82 Å². The van der Waals surface area contributed by atoms with Crippen LogP contribution < -0.4 is 11.1 Å². The van der Waals surface area contributed by atoms with Gasteiger partial charge in [0.05, 0.1) is 12.4 Å². The summed E-state index contributed by atoms with van der Waals surface area (Å²) < 4.78 is 0.612. The number of anilines is 2. The fourth-order valence-electron chi connectivity index (χ4n) is 1.38. The number of nitrogens with one attached hydrogen (secondary N) is 1. The Hall–Kier alpha value is -2.21. The molecule has 0 aliphatic heterocycles. The minimum atomic E-state index is -0.279.